The van der Waals surface area contributed by atoms with Gasteiger partial charge in [-0.3, -0.25) is 9.69 Å². The first-order valence-corrected chi connectivity index (χ1v) is 10.5. The SMILES string of the molecule is O=C(c1cc2ccccc2o1)N1CCN(C2c3ccccc3-c3ccccc32)CC1. The molecule has 30 heavy (non-hydrogen) atoms. The Kier molecular flexibility index (Phi) is 3.99. The van der Waals surface area contributed by atoms with Crippen molar-refractivity contribution in [1.29, 1.82) is 0 Å². The predicted octanol–water partition coefficient (Wildman–Crippen LogP) is 4.96. The van der Waals surface area contributed by atoms with Crippen molar-refractivity contribution in [2.75, 3.05) is 26.2 Å². The summed E-state index contributed by atoms with van der Waals surface area (Å²) in [5.41, 5.74) is 6.17. The van der Waals surface area contributed by atoms with Crippen LogP contribution in [0, 0.1) is 0 Å². The van der Waals surface area contributed by atoms with E-state index in [1.807, 2.05) is 35.2 Å². The molecule has 0 saturated carbocycles. The van der Waals surface area contributed by atoms with E-state index >= 15 is 0 Å². The van der Waals surface area contributed by atoms with Crippen LogP contribution in [0.15, 0.2) is 83.3 Å². The average molecular weight is 394 g/mol. The molecule has 2 aliphatic rings. The Morgan fingerprint density at radius 1 is 0.767 bits per heavy atom. The highest BCUT2D eigenvalue weighted by Crippen LogP contribution is 2.46. The molecule has 148 valence electrons. The highest BCUT2D eigenvalue weighted by atomic mass is 16.3. The summed E-state index contributed by atoms with van der Waals surface area (Å²) in [6.07, 6.45) is 0. The average Bonchev–Trinajstić information content (AvgIpc) is 3.38. The Hall–Kier alpha value is -3.37. The lowest BCUT2D eigenvalue weighted by atomic mass is 10.0. The number of carbonyl (C=O) groups excluding carboxylic acids is 1. The smallest absolute Gasteiger partial charge is 0.289 e. The molecular weight excluding hydrogens is 372 g/mol. The summed E-state index contributed by atoms with van der Waals surface area (Å²) in [4.78, 5) is 17.4. The number of hydrogen-bond donors (Lipinski definition) is 0. The molecule has 1 fully saturated rings. The van der Waals surface area contributed by atoms with E-state index in [1.165, 1.54) is 22.3 Å². The van der Waals surface area contributed by atoms with Gasteiger partial charge in [-0.25, -0.2) is 0 Å². The van der Waals surface area contributed by atoms with E-state index in [2.05, 4.69) is 53.4 Å². The normalized spacial score (nSPS) is 16.6. The number of para-hydroxylation sites is 1. The van der Waals surface area contributed by atoms with Gasteiger partial charge < -0.3 is 9.32 Å². The first kappa shape index (κ1) is 17.5. The number of furan rings is 1. The minimum atomic E-state index is -0.0157. The molecule has 1 aromatic heterocycles. The highest BCUT2D eigenvalue weighted by molar-refractivity contribution is 5.96. The predicted molar refractivity (Wildman–Crippen MR) is 117 cm³/mol. The fourth-order valence-corrected chi connectivity index (χ4v) is 4.95. The van der Waals surface area contributed by atoms with Gasteiger partial charge in [0.15, 0.2) is 5.76 Å². The summed E-state index contributed by atoms with van der Waals surface area (Å²) >= 11 is 0. The van der Waals surface area contributed by atoms with Crippen LogP contribution in [0.2, 0.25) is 0 Å². The van der Waals surface area contributed by atoms with E-state index in [4.69, 9.17) is 4.42 Å². The van der Waals surface area contributed by atoms with Crippen LogP contribution in [-0.4, -0.2) is 41.9 Å². The first-order valence-electron chi connectivity index (χ1n) is 10.5. The van der Waals surface area contributed by atoms with Gasteiger partial charge in [0.25, 0.3) is 5.91 Å². The van der Waals surface area contributed by atoms with Gasteiger partial charge in [0.1, 0.15) is 5.58 Å². The maximum Gasteiger partial charge on any atom is 0.289 e. The zero-order valence-electron chi connectivity index (χ0n) is 16.6. The Bertz CT molecular complexity index is 1170. The van der Waals surface area contributed by atoms with Crippen molar-refractivity contribution in [2.24, 2.45) is 0 Å². The van der Waals surface area contributed by atoms with Gasteiger partial charge in [-0.05, 0) is 34.4 Å². The monoisotopic (exact) mass is 394 g/mol. The fraction of sp³-hybridized carbons (Fsp3) is 0.192. The quantitative estimate of drug-likeness (QED) is 0.482. The molecule has 0 N–H and O–H groups in total. The number of benzene rings is 3. The number of carbonyl (C=O) groups is 1. The number of amides is 1. The van der Waals surface area contributed by atoms with Gasteiger partial charge in [-0.2, -0.15) is 0 Å². The molecule has 4 heteroatoms. The number of nitrogens with zero attached hydrogens (tertiary/aromatic N) is 2. The van der Waals surface area contributed by atoms with E-state index < -0.39 is 0 Å². The summed E-state index contributed by atoms with van der Waals surface area (Å²) in [5.74, 6) is 0.416. The van der Waals surface area contributed by atoms with E-state index in [0.717, 1.165) is 24.1 Å². The maximum absolute atomic E-state index is 13.0. The zero-order chi connectivity index (χ0) is 20.1. The third-order valence-corrected chi connectivity index (χ3v) is 6.40. The zero-order valence-corrected chi connectivity index (χ0v) is 16.6. The number of hydrogen-bond acceptors (Lipinski definition) is 3. The molecule has 0 radical (unpaired) electrons. The van der Waals surface area contributed by atoms with Crippen LogP contribution in [0.1, 0.15) is 27.7 Å². The number of piperazine rings is 1. The summed E-state index contributed by atoms with van der Waals surface area (Å²) in [6, 6.07) is 27.3. The minimum absolute atomic E-state index is 0.0157. The summed E-state index contributed by atoms with van der Waals surface area (Å²) in [6.45, 7) is 3.10. The third kappa shape index (κ3) is 2.68. The topological polar surface area (TPSA) is 36.7 Å². The van der Waals surface area contributed by atoms with Crippen LogP contribution < -0.4 is 0 Å². The maximum atomic E-state index is 13.0. The Morgan fingerprint density at radius 3 is 2.03 bits per heavy atom. The van der Waals surface area contributed by atoms with E-state index in [-0.39, 0.29) is 11.9 Å². The standard InChI is InChI=1S/C26H22N2O2/c29-26(24-17-18-7-1-6-12-23(18)30-24)28-15-13-27(14-16-28)25-21-10-4-2-8-19(21)20-9-3-5-11-22(20)25/h1-12,17,25H,13-16H2. The summed E-state index contributed by atoms with van der Waals surface area (Å²) in [5, 5.41) is 0.971. The molecule has 1 saturated heterocycles. The van der Waals surface area contributed by atoms with Crippen molar-refractivity contribution in [2.45, 2.75) is 6.04 Å². The van der Waals surface area contributed by atoms with Crippen LogP contribution in [-0.2, 0) is 0 Å². The van der Waals surface area contributed by atoms with Gasteiger partial charge in [0, 0.05) is 31.6 Å². The summed E-state index contributed by atoms with van der Waals surface area (Å²) in [7, 11) is 0. The van der Waals surface area contributed by atoms with Crippen LogP contribution in [0.4, 0.5) is 0 Å². The molecule has 0 bridgehead atoms. The molecular formula is C26H22N2O2. The highest BCUT2D eigenvalue weighted by Gasteiger charge is 2.35. The lowest BCUT2D eigenvalue weighted by Gasteiger charge is -2.38. The second kappa shape index (κ2) is 6.85. The van der Waals surface area contributed by atoms with Gasteiger partial charge in [0.2, 0.25) is 0 Å². The Balaban J connectivity index is 1.23. The second-order valence-corrected chi connectivity index (χ2v) is 8.05. The van der Waals surface area contributed by atoms with Gasteiger partial charge in [-0.1, -0.05) is 66.7 Å². The van der Waals surface area contributed by atoms with Crippen LogP contribution in [0.25, 0.3) is 22.1 Å². The molecule has 6 rings (SSSR count). The van der Waals surface area contributed by atoms with Crippen molar-refractivity contribution >= 4 is 16.9 Å². The van der Waals surface area contributed by atoms with Gasteiger partial charge in [-0.15, -0.1) is 0 Å². The van der Waals surface area contributed by atoms with Gasteiger partial charge in [0.05, 0.1) is 6.04 Å². The van der Waals surface area contributed by atoms with Crippen LogP contribution in [0.5, 0.6) is 0 Å². The molecule has 2 heterocycles. The van der Waals surface area contributed by atoms with Crippen LogP contribution >= 0.6 is 0 Å². The molecule has 4 nitrogen and oxygen atoms in total. The molecule has 0 atom stereocenters. The minimum Gasteiger partial charge on any atom is -0.451 e. The van der Waals surface area contributed by atoms with Gasteiger partial charge >= 0.3 is 0 Å². The fourth-order valence-electron chi connectivity index (χ4n) is 4.95. The third-order valence-electron chi connectivity index (χ3n) is 6.40. The first-order chi connectivity index (χ1) is 14.8. The van der Waals surface area contributed by atoms with E-state index in [0.29, 0.717) is 18.8 Å². The Morgan fingerprint density at radius 2 is 1.37 bits per heavy atom. The molecule has 1 aliphatic heterocycles. The van der Waals surface area contributed by atoms with Crippen molar-refractivity contribution in [3.05, 3.63) is 95.7 Å². The van der Waals surface area contributed by atoms with Crippen molar-refractivity contribution < 1.29 is 9.21 Å². The number of rotatable bonds is 2. The molecule has 0 spiro atoms. The van der Waals surface area contributed by atoms with E-state index in [9.17, 15) is 4.79 Å². The lowest BCUT2D eigenvalue weighted by molar-refractivity contribution is 0.0572. The lowest BCUT2D eigenvalue weighted by Crippen LogP contribution is -2.49. The Labute approximate surface area is 175 Å². The molecule has 3 aromatic carbocycles. The molecule has 0 unspecified atom stereocenters. The van der Waals surface area contributed by atoms with Crippen molar-refractivity contribution in [1.82, 2.24) is 9.80 Å². The largest absolute Gasteiger partial charge is 0.451 e. The molecule has 1 amide bonds. The molecule has 1 aliphatic carbocycles. The number of fused-ring (bicyclic) bond motifs is 4. The van der Waals surface area contributed by atoms with Crippen molar-refractivity contribution in [3.8, 4) is 11.1 Å². The summed E-state index contributed by atoms with van der Waals surface area (Å²) < 4.78 is 5.80. The van der Waals surface area contributed by atoms with E-state index in [1.54, 1.807) is 0 Å². The molecule has 4 aromatic rings. The van der Waals surface area contributed by atoms with Crippen molar-refractivity contribution in [3.63, 3.8) is 0 Å². The van der Waals surface area contributed by atoms with Crippen LogP contribution in [0.3, 0.4) is 0 Å². The second-order valence-electron chi connectivity index (χ2n) is 8.05.